The van der Waals surface area contributed by atoms with Gasteiger partial charge in [0.2, 0.25) is 0 Å². The van der Waals surface area contributed by atoms with Gasteiger partial charge in [0.05, 0.1) is 12.4 Å². The molecule has 1 saturated carbocycles. The summed E-state index contributed by atoms with van der Waals surface area (Å²) in [4.78, 5) is 32.2. The number of nitrogens with zero attached hydrogens (tertiary/aromatic N) is 3. The molecule has 1 aromatic heterocycles. The number of primary amides is 1. The van der Waals surface area contributed by atoms with Gasteiger partial charge in [-0.05, 0) is 46.5 Å². The molecule has 132 valence electrons. The van der Waals surface area contributed by atoms with Crippen LogP contribution >= 0.6 is 0 Å². The predicted octanol–water partition coefficient (Wildman–Crippen LogP) is 2.08. The van der Waals surface area contributed by atoms with Crippen molar-refractivity contribution in [1.29, 1.82) is 0 Å². The molecule has 1 aliphatic carbocycles. The molecule has 0 saturated heterocycles. The summed E-state index contributed by atoms with van der Waals surface area (Å²) in [6.45, 7) is 5.75. The van der Waals surface area contributed by atoms with Gasteiger partial charge in [0.1, 0.15) is 11.5 Å². The topological polar surface area (TPSA) is 121 Å². The van der Waals surface area contributed by atoms with Gasteiger partial charge in [-0.25, -0.2) is 14.8 Å². The van der Waals surface area contributed by atoms with E-state index in [0.29, 0.717) is 5.82 Å². The molecule has 0 aliphatic heterocycles. The van der Waals surface area contributed by atoms with Gasteiger partial charge in [-0.3, -0.25) is 4.79 Å². The highest BCUT2D eigenvalue weighted by molar-refractivity contribution is 5.90. The Kier molecular flexibility index (Phi) is 5.26. The number of carbonyl (C=O) groups is 2. The minimum atomic E-state index is -0.869. The van der Waals surface area contributed by atoms with E-state index in [1.165, 1.54) is 12.4 Å². The maximum Gasteiger partial charge on any atom is 0.407 e. The largest absolute Gasteiger partial charge is 0.465 e. The van der Waals surface area contributed by atoms with Crippen molar-refractivity contribution in [1.82, 2.24) is 14.9 Å². The van der Waals surface area contributed by atoms with Crippen LogP contribution in [-0.2, 0) is 0 Å². The second kappa shape index (κ2) is 7.02. The predicted molar refractivity (Wildman–Crippen MR) is 89.8 cm³/mol. The minimum absolute atomic E-state index is 0.0314. The van der Waals surface area contributed by atoms with Gasteiger partial charge < -0.3 is 21.1 Å². The molecule has 0 spiro atoms. The summed E-state index contributed by atoms with van der Waals surface area (Å²) in [6, 6.07) is 0.245. The van der Waals surface area contributed by atoms with Crippen molar-refractivity contribution in [2.75, 3.05) is 5.32 Å². The van der Waals surface area contributed by atoms with E-state index < -0.39 is 17.5 Å². The number of aromatic nitrogens is 2. The number of carboxylic acid groups (broad SMARTS) is 1. The normalized spacial score (nSPS) is 21.1. The first-order valence-electron chi connectivity index (χ1n) is 8.09. The molecule has 0 radical (unpaired) electrons. The van der Waals surface area contributed by atoms with Gasteiger partial charge in [-0.1, -0.05) is 0 Å². The fraction of sp³-hybridized carbons (Fsp3) is 0.625. The van der Waals surface area contributed by atoms with E-state index in [-0.39, 0.29) is 17.8 Å². The van der Waals surface area contributed by atoms with Crippen molar-refractivity contribution in [3.05, 3.63) is 18.1 Å². The molecule has 8 nitrogen and oxygen atoms in total. The van der Waals surface area contributed by atoms with Crippen molar-refractivity contribution in [2.24, 2.45) is 5.73 Å². The standard InChI is InChI=1S/C16H25N5O3/c1-16(2,3)21(15(23)24)11-6-4-10(5-7-11)20-13-9-18-12(8-19-13)14(17)22/h8-11H,4-7H2,1-3H3,(H2,17,22)(H,19,20)(H,23,24). The van der Waals surface area contributed by atoms with E-state index in [1.807, 2.05) is 20.8 Å². The number of rotatable bonds is 4. The van der Waals surface area contributed by atoms with Crippen LogP contribution in [0.3, 0.4) is 0 Å². The number of hydrogen-bond acceptors (Lipinski definition) is 5. The maximum atomic E-state index is 11.6. The Morgan fingerprint density at radius 3 is 2.25 bits per heavy atom. The molecule has 0 unspecified atom stereocenters. The van der Waals surface area contributed by atoms with Crippen LogP contribution in [0.4, 0.5) is 10.6 Å². The van der Waals surface area contributed by atoms with Gasteiger partial charge in [-0.2, -0.15) is 0 Å². The molecule has 24 heavy (non-hydrogen) atoms. The molecule has 1 heterocycles. The quantitative estimate of drug-likeness (QED) is 0.774. The lowest BCUT2D eigenvalue weighted by atomic mass is 9.88. The average Bonchev–Trinajstić information content (AvgIpc) is 2.48. The molecule has 2 amide bonds. The molecule has 0 atom stereocenters. The second-order valence-electron chi connectivity index (χ2n) is 7.12. The summed E-state index contributed by atoms with van der Waals surface area (Å²) in [7, 11) is 0. The molecular formula is C16H25N5O3. The molecule has 0 bridgehead atoms. The van der Waals surface area contributed by atoms with E-state index in [9.17, 15) is 14.7 Å². The molecule has 2 rings (SSSR count). The second-order valence-corrected chi connectivity index (χ2v) is 7.12. The monoisotopic (exact) mass is 335 g/mol. The summed E-state index contributed by atoms with van der Waals surface area (Å²) < 4.78 is 0. The first-order chi connectivity index (χ1) is 11.2. The Morgan fingerprint density at radius 2 is 1.83 bits per heavy atom. The van der Waals surface area contributed by atoms with Crippen LogP contribution in [0, 0.1) is 0 Å². The lowest BCUT2D eigenvalue weighted by Gasteiger charge is -2.42. The maximum absolute atomic E-state index is 11.6. The van der Waals surface area contributed by atoms with Gasteiger partial charge in [-0.15, -0.1) is 0 Å². The number of hydrogen-bond donors (Lipinski definition) is 3. The highest BCUT2D eigenvalue weighted by Gasteiger charge is 2.35. The molecule has 1 aliphatic rings. The summed E-state index contributed by atoms with van der Waals surface area (Å²) >= 11 is 0. The van der Waals surface area contributed by atoms with E-state index in [2.05, 4.69) is 15.3 Å². The van der Waals surface area contributed by atoms with Crippen molar-refractivity contribution in [3.8, 4) is 0 Å². The zero-order chi connectivity index (χ0) is 17.9. The molecule has 1 fully saturated rings. The highest BCUT2D eigenvalue weighted by Crippen LogP contribution is 2.29. The van der Waals surface area contributed by atoms with Crippen LogP contribution in [0.1, 0.15) is 56.9 Å². The summed E-state index contributed by atoms with van der Waals surface area (Å²) in [5.74, 6) is -0.0140. The van der Waals surface area contributed by atoms with Crippen LogP contribution in [0.2, 0.25) is 0 Å². The van der Waals surface area contributed by atoms with Crippen molar-refractivity contribution >= 4 is 17.8 Å². The fourth-order valence-electron chi connectivity index (χ4n) is 3.21. The van der Waals surface area contributed by atoms with E-state index in [1.54, 1.807) is 4.90 Å². The third-order valence-corrected chi connectivity index (χ3v) is 4.25. The van der Waals surface area contributed by atoms with E-state index in [4.69, 9.17) is 5.73 Å². The average molecular weight is 335 g/mol. The number of anilines is 1. The third-order valence-electron chi connectivity index (χ3n) is 4.25. The zero-order valence-corrected chi connectivity index (χ0v) is 14.3. The Labute approximate surface area is 141 Å². The van der Waals surface area contributed by atoms with Crippen molar-refractivity contribution in [2.45, 2.75) is 64.1 Å². The SMILES string of the molecule is CC(C)(C)N(C(=O)O)C1CCC(Nc2cnc(C(N)=O)cn2)CC1. The fourth-order valence-corrected chi connectivity index (χ4v) is 3.21. The van der Waals surface area contributed by atoms with Crippen molar-refractivity contribution < 1.29 is 14.7 Å². The van der Waals surface area contributed by atoms with Crippen LogP contribution in [0.5, 0.6) is 0 Å². The number of amides is 2. The van der Waals surface area contributed by atoms with Gasteiger partial charge >= 0.3 is 6.09 Å². The molecule has 0 aromatic carbocycles. The van der Waals surface area contributed by atoms with Crippen LogP contribution in [0.25, 0.3) is 0 Å². The van der Waals surface area contributed by atoms with Gasteiger partial charge in [0.25, 0.3) is 5.91 Å². The van der Waals surface area contributed by atoms with Gasteiger partial charge in [0.15, 0.2) is 0 Å². The summed E-state index contributed by atoms with van der Waals surface area (Å²) in [6.07, 6.45) is 5.27. The summed E-state index contributed by atoms with van der Waals surface area (Å²) in [5.41, 5.74) is 4.86. The van der Waals surface area contributed by atoms with Crippen LogP contribution in [-0.4, -0.2) is 49.6 Å². The Hall–Kier alpha value is -2.38. The minimum Gasteiger partial charge on any atom is -0.465 e. The third kappa shape index (κ3) is 4.33. The van der Waals surface area contributed by atoms with E-state index >= 15 is 0 Å². The highest BCUT2D eigenvalue weighted by atomic mass is 16.4. The number of nitrogens with two attached hydrogens (primary N) is 1. The lowest BCUT2D eigenvalue weighted by Crippen LogP contribution is -2.52. The Bertz CT molecular complexity index is 589. The first-order valence-corrected chi connectivity index (χ1v) is 8.09. The lowest BCUT2D eigenvalue weighted by molar-refractivity contribution is 0.0556. The molecule has 1 aromatic rings. The molecular weight excluding hydrogens is 310 g/mol. The van der Waals surface area contributed by atoms with Crippen LogP contribution in [0.15, 0.2) is 12.4 Å². The number of carbonyl (C=O) groups excluding carboxylic acids is 1. The zero-order valence-electron chi connectivity index (χ0n) is 14.3. The van der Waals surface area contributed by atoms with Gasteiger partial charge in [0, 0.05) is 17.6 Å². The Balaban J connectivity index is 1.92. The smallest absolute Gasteiger partial charge is 0.407 e. The van der Waals surface area contributed by atoms with Crippen LogP contribution < -0.4 is 11.1 Å². The molecule has 8 heteroatoms. The van der Waals surface area contributed by atoms with E-state index in [0.717, 1.165) is 25.7 Å². The molecule has 4 N–H and O–H groups in total. The summed E-state index contributed by atoms with van der Waals surface area (Å²) in [5, 5.41) is 12.8. The Morgan fingerprint density at radius 1 is 1.21 bits per heavy atom. The van der Waals surface area contributed by atoms with Crippen molar-refractivity contribution in [3.63, 3.8) is 0 Å². The number of nitrogens with one attached hydrogen (secondary N) is 1. The first kappa shape index (κ1) is 18.0.